The zero-order chi connectivity index (χ0) is 21.8. The third kappa shape index (κ3) is 2.79. The highest BCUT2D eigenvalue weighted by atomic mass is 19.4. The molecule has 152 valence electrons. The van der Waals surface area contributed by atoms with Gasteiger partial charge in [0, 0.05) is 5.39 Å². The number of alkyl halides is 3. The number of pyridine rings is 2. The van der Waals surface area contributed by atoms with Crippen LogP contribution in [0.4, 0.5) is 18.9 Å². The van der Waals surface area contributed by atoms with Crippen molar-refractivity contribution in [1.82, 2.24) is 9.55 Å². The number of hydrogen-bond acceptors (Lipinski definition) is 6. The third-order valence-corrected chi connectivity index (χ3v) is 4.57. The molecule has 0 saturated carbocycles. The summed E-state index contributed by atoms with van der Waals surface area (Å²) in [5, 5.41) is 31.0. The molecule has 0 amide bonds. The van der Waals surface area contributed by atoms with Gasteiger partial charge in [0.2, 0.25) is 5.75 Å². The molecule has 0 spiro atoms. The molecule has 0 atom stereocenters. The fourth-order valence-corrected chi connectivity index (χ4v) is 3.30. The summed E-state index contributed by atoms with van der Waals surface area (Å²) in [5.41, 5.74) is -4.92. The first kappa shape index (κ1) is 19.2. The van der Waals surface area contributed by atoms with Crippen LogP contribution in [0.15, 0.2) is 53.3 Å². The fourth-order valence-electron chi connectivity index (χ4n) is 3.30. The second kappa shape index (κ2) is 6.44. The number of aromatic hydroxyl groups is 2. The first-order chi connectivity index (χ1) is 14.1. The third-order valence-electron chi connectivity index (χ3n) is 4.57. The van der Waals surface area contributed by atoms with Crippen LogP contribution in [-0.4, -0.2) is 24.7 Å². The highest BCUT2D eigenvalue weighted by Crippen LogP contribution is 2.41. The standard InChI is InChI=1S/C19H10F3N3O5/c20-19(21,22)13-8-11-14(23-17(27)15(16(11)26)25(29)30)18(28)24(13)12-7-3-5-9-4-1-2-6-10(9)12/h1-8H,(H2,23,26,27). The molecule has 0 bridgehead atoms. The van der Waals surface area contributed by atoms with E-state index in [-0.39, 0.29) is 5.69 Å². The molecule has 0 aliphatic heterocycles. The molecular formula is C19H10F3N3O5. The lowest BCUT2D eigenvalue weighted by Crippen LogP contribution is -2.27. The Morgan fingerprint density at radius 1 is 1.03 bits per heavy atom. The Morgan fingerprint density at radius 2 is 1.70 bits per heavy atom. The summed E-state index contributed by atoms with van der Waals surface area (Å²) in [7, 11) is 0. The van der Waals surface area contributed by atoms with E-state index >= 15 is 0 Å². The SMILES string of the molecule is O=c1c2nc(O)c([N+](=O)[O-])c(O)c2cc(C(F)(F)F)n1-c1cccc2ccccc12. The lowest BCUT2D eigenvalue weighted by molar-refractivity contribution is -0.387. The number of aromatic nitrogens is 2. The number of benzene rings is 2. The van der Waals surface area contributed by atoms with Crippen LogP contribution in [0.2, 0.25) is 0 Å². The normalized spacial score (nSPS) is 11.8. The topological polar surface area (TPSA) is 118 Å². The molecule has 8 nitrogen and oxygen atoms in total. The van der Waals surface area contributed by atoms with Crippen molar-refractivity contribution in [3.63, 3.8) is 0 Å². The molecule has 0 saturated heterocycles. The number of halogens is 3. The number of nitro groups is 1. The maximum atomic E-state index is 13.9. The summed E-state index contributed by atoms with van der Waals surface area (Å²) in [6.07, 6.45) is -5.05. The molecule has 30 heavy (non-hydrogen) atoms. The van der Waals surface area contributed by atoms with Gasteiger partial charge in [-0.3, -0.25) is 19.5 Å². The Balaban J connectivity index is 2.23. The summed E-state index contributed by atoms with van der Waals surface area (Å²) < 4.78 is 42.0. The molecule has 0 fully saturated rings. The van der Waals surface area contributed by atoms with Gasteiger partial charge in [-0.2, -0.15) is 13.2 Å². The van der Waals surface area contributed by atoms with Crippen molar-refractivity contribution >= 4 is 27.4 Å². The molecule has 4 rings (SSSR count). The van der Waals surface area contributed by atoms with E-state index in [1.807, 2.05) is 0 Å². The zero-order valence-corrected chi connectivity index (χ0v) is 14.7. The van der Waals surface area contributed by atoms with Crippen molar-refractivity contribution in [3.05, 3.63) is 74.7 Å². The highest BCUT2D eigenvalue weighted by Gasteiger charge is 2.38. The van der Waals surface area contributed by atoms with Gasteiger partial charge in [-0.05, 0) is 17.5 Å². The lowest BCUT2D eigenvalue weighted by atomic mass is 10.1. The smallest absolute Gasteiger partial charge is 0.431 e. The molecule has 2 N–H and O–H groups in total. The fraction of sp³-hybridized carbons (Fsp3) is 0.0526. The summed E-state index contributed by atoms with van der Waals surface area (Å²) >= 11 is 0. The number of rotatable bonds is 2. The molecule has 0 aliphatic rings. The van der Waals surface area contributed by atoms with Gasteiger partial charge < -0.3 is 10.2 Å². The molecule has 4 aromatic rings. The Bertz CT molecular complexity index is 1410. The molecule has 2 aromatic carbocycles. The van der Waals surface area contributed by atoms with E-state index in [0.717, 1.165) is 0 Å². The van der Waals surface area contributed by atoms with Gasteiger partial charge in [0.1, 0.15) is 11.2 Å². The minimum Gasteiger partial charge on any atom is -0.501 e. The van der Waals surface area contributed by atoms with Crippen LogP contribution in [0.25, 0.3) is 27.4 Å². The van der Waals surface area contributed by atoms with Crippen LogP contribution in [0, 0.1) is 10.1 Å². The van der Waals surface area contributed by atoms with Crippen LogP contribution in [0.3, 0.4) is 0 Å². The second-order valence-electron chi connectivity index (χ2n) is 6.32. The largest absolute Gasteiger partial charge is 0.501 e. The molecule has 2 heterocycles. The second-order valence-corrected chi connectivity index (χ2v) is 6.32. The molecule has 2 aromatic heterocycles. The zero-order valence-electron chi connectivity index (χ0n) is 14.7. The predicted molar refractivity (Wildman–Crippen MR) is 99.8 cm³/mol. The van der Waals surface area contributed by atoms with Gasteiger partial charge in [0.05, 0.1) is 16.0 Å². The maximum Gasteiger partial charge on any atom is 0.431 e. The van der Waals surface area contributed by atoms with E-state index in [1.165, 1.54) is 18.2 Å². The van der Waals surface area contributed by atoms with Crippen molar-refractivity contribution in [2.45, 2.75) is 6.18 Å². The summed E-state index contributed by atoms with van der Waals surface area (Å²) in [4.78, 5) is 26.3. The van der Waals surface area contributed by atoms with Gasteiger partial charge in [-0.15, -0.1) is 0 Å². The van der Waals surface area contributed by atoms with E-state index in [9.17, 15) is 38.3 Å². The average Bonchev–Trinajstić information content (AvgIpc) is 2.67. The van der Waals surface area contributed by atoms with Crippen molar-refractivity contribution in [2.24, 2.45) is 0 Å². The van der Waals surface area contributed by atoms with Gasteiger partial charge >= 0.3 is 11.9 Å². The Morgan fingerprint density at radius 3 is 2.37 bits per heavy atom. The van der Waals surface area contributed by atoms with Crippen LogP contribution in [0.5, 0.6) is 11.6 Å². The maximum absolute atomic E-state index is 13.9. The molecule has 11 heteroatoms. The van der Waals surface area contributed by atoms with E-state index in [2.05, 4.69) is 4.98 Å². The first-order valence-electron chi connectivity index (χ1n) is 8.32. The predicted octanol–water partition coefficient (Wildman–Crippen LogP) is 3.88. The van der Waals surface area contributed by atoms with Crippen LogP contribution in [0.1, 0.15) is 5.69 Å². The number of hydrogen-bond donors (Lipinski definition) is 2. The van der Waals surface area contributed by atoms with Gasteiger partial charge in [0.15, 0.2) is 0 Å². The van der Waals surface area contributed by atoms with E-state index in [4.69, 9.17) is 0 Å². The summed E-state index contributed by atoms with van der Waals surface area (Å²) in [6.45, 7) is 0. The quantitative estimate of drug-likeness (QED) is 0.378. The molecule has 0 aliphatic carbocycles. The van der Waals surface area contributed by atoms with Crippen LogP contribution < -0.4 is 5.56 Å². The lowest BCUT2D eigenvalue weighted by Gasteiger charge is -2.18. The van der Waals surface area contributed by atoms with Crippen molar-refractivity contribution in [1.29, 1.82) is 0 Å². The van der Waals surface area contributed by atoms with Crippen molar-refractivity contribution in [2.75, 3.05) is 0 Å². The van der Waals surface area contributed by atoms with Gasteiger partial charge in [-0.25, -0.2) is 4.98 Å². The minimum atomic E-state index is -5.05. The van der Waals surface area contributed by atoms with Gasteiger partial charge in [0.25, 0.3) is 11.4 Å². The van der Waals surface area contributed by atoms with Crippen molar-refractivity contribution < 1.29 is 28.3 Å². The molecule has 0 radical (unpaired) electrons. The van der Waals surface area contributed by atoms with E-state index in [1.54, 1.807) is 24.3 Å². The Hall–Kier alpha value is -4.15. The minimum absolute atomic E-state index is 0.105. The average molecular weight is 417 g/mol. The van der Waals surface area contributed by atoms with Crippen LogP contribution in [-0.2, 0) is 6.18 Å². The number of fused-ring (bicyclic) bond motifs is 2. The first-order valence-corrected chi connectivity index (χ1v) is 8.32. The monoisotopic (exact) mass is 417 g/mol. The highest BCUT2D eigenvalue weighted by molar-refractivity contribution is 5.93. The van der Waals surface area contributed by atoms with Crippen molar-refractivity contribution in [3.8, 4) is 17.3 Å². The Labute approximate surface area is 164 Å². The van der Waals surface area contributed by atoms with E-state index < -0.39 is 50.6 Å². The Kier molecular flexibility index (Phi) is 4.12. The molecular weight excluding hydrogens is 407 g/mol. The number of nitrogens with zero attached hydrogens (tertiary/aromatic N) is 3. The summed E-state index contributed by atoms with van der Waals surface area (Å²) in [6, 6.07) is 11.3. The van der Waals surface area contributed by atoms with Gasteiger partial charge in [-0.1, -0.05) is 36.4 Å². The van der Waals surface area contributed by atoms with E-state index in [0.29, 0.717) is 21.4 Å². The summed E-state index contributed by atoms with van der Waals surface area (Å²) in [5.74, 6) is -2.57. The van der Waals surface area contributed by atoms with Crippen LogP contribution >= 0.6 is 0 Å². The molecule has 0 unspecified atom stereocenters.